The molecular formula is C69H46N2. The van der Waals surface area contributed by atoms with Crippen LogP contribution in [0.2, 0.25) is 0 Å². The lowest BCUT2D eigenvalue weighted by atomic mass is 9.70. The van der Waals surface area contributed by atoms with E-state index in [1.54, 1.807) is 0 Å². The normalized spacial score (nSPS) is 12.6. The highest BCUT2D eigenvalue weighted by molar-refractivity contribution is 6.19. The van der Waals surface area contributed by atoms with Gasteiger partial charge in [0, 0.05) is 33.5 Å². The van der Waals surface area contributed by atoms with Crippen LogP contribution in [0.15, 0.2) is 279 Å². The number of hydrogen-bond donors (Lipinski definition) is 0. The molecule has 2 nitrogen and oxygen atoms in total. The summed E-state index contributed by atoms with van der Waals surface area (Å²) in [6, 6.07) is 103. The molecule has 1 spiro atoms. The minimum atomic E-state index is -0.669. The first-order chi connectivity index (χ1) is 35.3. The average Bonchev–Trinajstić information content (AvgIpc) is 3.92. The van der Waals surface area contributed by atoms with Gasteiger partial charge in [0.05, 0.1) is 16.8 Å². The van der Waals surface area contributed by atoms with Gasteiger partial charge in [-0.15, -0.1) is 0 Å². The maximum Gasteiger partial charge on any atom is 0.0727 e. The largest absolute Gasteiger partial charge is 0.310 e. The molecule has 0 amide bonds. The van der Waals surface area contributed by atoms with E-state index in [4.69, 9.17) is 0 Å². The molecule has 0 N–H and O–H groups in total. The van der Waals surface area contributed by atoms with Crippen LogP contribution in [0.1, 0.15) is 22.3 Å². The smallest absolute Gasteiger partial charge is 0.0727 e. The number of rotatable bonds is 8. The number of anilines is 6. The van der Waals surface area contributed by atoms with E-state index < -0.39 is 5.41 Å². The highest BCUT2D eigenvalue weighted by atomic mass is 15.2. The van der Waals surface area contributed by atoms with Gasteiger partial charge in [-0.1, -0.05) is 218 Å². The van der Waals surface area contributed by atoms with Crippen molar-refractivity contribution in [3.8, 4) is 44.5 Å². The predicted octanol–water partition coefficient (Wildman–Crippen LogP) is 18.6. The molecule has 0 saturated carbocycles. The second-order valence-electron chi connectivity index (χ2n) is 18.7. The van der Waals surface area contributed by atoms with Crippen LogP contribution in [0.4, 0.5) is 34.1 Å². The zero-order chi connectivity index (χ0) is 46.9. The average molecular weight is 903 g/mol. The third kappa shape index (κ3) is 6.28. The summed E-state index contributed by atoms with van der Waals surface area (Å²) >= 11 is 0. The molecule has 0 atom stereocenters. The topological polar surface area (TPSA) is 6.48 Å². The van der Waals surface area contributed by atoms with E-state index in [1.807, 2.05) is 0 Å². The Hall–Kier alpha value is -9.24. The van der Waals surface area contributed by atoms with E-state index in [2.05, 4.69) is 289 Å². The van der Waals surface area contributed by atoms with Gasteiger partial charge in [-0.25, -0.2) is 0 Å². The van der Waals surface area contributed by atoms with Crippen molar-refractivity contribution < 1.29 is 0 Å². The van der Waals surface area contributed by atoms with Gasteiger partial charge in [-0.05, 0) is 138 Å². The third-order valence-corrected chi connectivity index (χ3v) is 15.0. The van der Waals surface area contributed by atoms with Gasteiger partial charge in [0.1, 0.15) is 0 Å². The lowest BCUT2D eigenvalue weighted by molar-refractivity contribution is 0.795. The maximum atomic E-state index is 2.56. The Morgan fingerprint density at radius 1 is 0.225 bits per heavy atom. The van der Waals surface area contributed by atoms with E-state index >= 15 is 0 Å². The van der Waals surface area contributed by atoms with Crippen molar-refractivity contribution in [1.82, 2.24) is 0 Å². The van der Waals surface area contributed by atoms with Gasteiger partial charge < -0.3 is 9.80 Å². The summed E-state index contributed by atoms with van der Waals surface area (Å²) in [6.45, 7) is 0. The second kappa shape index (κ2) is 16.5. The summed E-state index contributed by atoms with van der Waals surface area (Å²) in [4.78, 5) is 4.97. The number of nitrogens with zero attached hydrogens (tertiary/aromatic N) is 2. The molecule has 2 aliphatic rings. The molecule has 0 aliphatic heterocycles. The SMILES string of the molecule is c1ccc(-c2cccc(N(c3ccccc3)c3cc4c(c5ccccc35)-c3c(cc(N(c5ccccc5)c5cccc(-c6ccccc6)c5)c5ccccc35)C43c4ccccc4-c4ccccc43)c2)cc1. The van der Waals surface area contributed by atoms with Gasteiger partial charge >= 0.3 is 0 Å². The lowest BCUT2D eigenvalue weighted by Crippen LogP contribution is -2.26. The molecule has 0 fully saturated rings. The van der Waals surface area contributed by atoms with Crippen LogP contribution in [0, 0.1) is 0 Å². The molecule has 71 heavy (non-hydrogen) atoms. The minimum absolute atomic E-state index is 0.669. The number of fused-ring (bicyclic) bond motifs is 14. The molecular weight excluding hydrogens is 857 g/mol. The van der Waals surface area contributed by atoms with Gasteiger partial charge in [0.15, 0.2) is 0 Å². The zero-order valence-corrected chi connectivity index (χ0v) is 39.0. The Morgan fingerprint density at radius 3 is 0.972 bits per heavy atom. The van der Waals surface area contributed by atoms with Crippen LogP contribution >= 0.6 is 0 Å². The van der Waals surface area contributed by atoms with Gasteiger partial charge in [0.2, 0.25) is 0 Å². The first-order valence-corrected chi connectivity index (χ1v) is 24.6. The van der Waals surface area contributed by atoms with Crippen LogP contribution in [-0.2, 0) is 5.41 Å². The summed E-state index contributed by atoms with van der Waals surface area (Å²) in [5.74, 6) is 0. The van der Waals surface area contributed by atoms with Crippen molar-refractivity contribution in [3.63, 3.8) is 0 Å². The van der Waals surface area contributed by atoms with Crippen molar-refractivity contribution in [2.75, 3.05) is 9.80 Å². The summed E-state index contributed by atoms with van der Waals surface area (Å²) in [6.07, 6.45) is 0. The molecule has 12 aromatic carbocycles. The van der Waals surface area contributed by atoms with Crippen molar-refractivity contribution in [1.29, 1.82) is 0 Å². The Bertz CT molecular complexity index is 3730. The van der Waals surface area contributed by atoms with E-state index in [0.29, 0.717) is 0 Å². The van der Waals surface area contributed by atoms with Crippen molar-refractivity contribution in [3.05, 3.63) is 301 Å². The van der Waals surface area contributed by atoms with Crippen LogP contribution in [0.5, 0.6) is 0 Å². The molecule has 0 saturated heterocycles. The van der Waals surface area contributed by atoms with Crippen LogP contribution in [0.3, 0.4) is 0 Å². The quantitative estimate of drug-likeness (QED) is 0.150. The second-order valence-corrected chi connectivity index (χ2v) is 18.7. The van der Waals surface area contributed by atoms with Crippen molar-refractivity contribution in [2.45, 2.75) is 5.41 Å². The van der Waals surface area contributed by atoms with Gasteiger partial charge in [0.25, 0.3) is 0 Å². The van der Waals surface area contributed by atoms with E-state index in [0.717, 1.165) is 34.1 Å². The van der Waals surface area contributed by atoms with Gasteiger partial charge in [-0.3, -0.25) is 0 Å². The molecule has 0 radical (unpaired) electrons. The number of benzene rings is 12. The van der Waals surface area contributed by atoms with Gasteiger partial charge in [-0.2, -0.15) is 0 Å². The Morgan fingerprint density at radius 2 is 0.549 bits per heavy atom. The first-order valence-electron chi connectivity index (χ1n) is 24.6. The molecule has 12 aromatic rings. The van der Waals surface area contributed by atoms with Crippen LogP contribution in [0.25, 0.3) is 66.1 Å². The standard InChI is InChI=1S/C69H46N2/c1-5-23-47(24-6-1)49-27-21-33-53(43-49)70(51-29-9-3-10-30-51)65-45-63-67(59-39-15-13-37-57(59)65)68-60-40-16-14-38-58(60)66(46-64(68)69(63)61-41-19-17-35-55(61)56-36-18-20-42-62(56)69)71(52-31-11-4-12-32-52)54-34-22-28-50(44-54)48-25-7-2-8-26-48/h1-46H. The maximum absolute atomic E-state index is 2.56. The van der Waals surface area contributed by atoms with Crippen molar-refractivity contribution >= 4 is 55.7 Å². The monoisotopic (exact) mass is 902 g/mol. The predicted molar refractivity (Wildman–Crippen MR) is 298 cm³/mol. The highest BCUT2D eigenvalue weighted by Crippen LogP contribution is 2.67. The molecule has 0 aromatic heterocycles. The first kappa shape index (κ1) is 40.8. The fraction of sp³-hybridized carbons (Fsp3) is 0.0145. The molecule has 0 unspecified atom stereocenters. The molecule has 2 aliphatic carbocycles. The number of para-hydroxylation sites is 2. The Labute approximate surface area is 414 Å². The summed E-state index contributed by atoms with van der Waals surface area (Å²) in [7, 11) is 0. The fourth-order valence-corrected chi connectivity index (χ4v) is 12.1. The summed E-state index contributed by atoms with van der Waals surface area (Å²) in [5, 5.41) is 4.85. The molecule has 332 valence electrons. The van der Waals surface area contributed by atoms with Crippen molar-refractivity contribution in [2.24, 2.45) is 0 Å². The third-order valence-electron chi connectivity index (χ3n) is 15.0. The molecule has 2 heteroatoms. The van der Waals surface area contributed by atoms with E-state index in [9.17, 15) is 0 Å². The number of hydrogen-bond acceptors (Lipinski definition) is 2. The summed E-state index contributed by atoms with van der Waals surface area (Å²) < 4.78 is 0. The summed E-state index contributed by atoms with van der Waals surface area (Å²) in [5.41, 5.74) is 21.0. The minimum Gasteiger partial charge on any atom is -0.310 e. The highest BCUT2D eigenvalue weighted by Gasteiger charge is 2.53. The fourth-order valence-electron chi connectivity index (χ4n) is 12.1. The Kier molecular flexibility index (Phi) is 9.47. The van der Waals surface area contributed by atoms with E-state index in [-0.39, 0.29) is 0 Å². The van der Waals surface area contributed by atoms with E-state index in [1.165, 1.54) is 88.3 Å². The zero-order valence-electron chi connectivity index (χ0n) is 39.0. The lowest BCUT2D eigenvalue weighted by Gasteiger charge is -2.34. The Balaban J connectivity index is 1.11. The molecule has 14 rings (SSSR count). The van der Waals surface area contributed by atoms with Crippen LogP contribution < -0.4 is 9.80 Å². The van der Waals surface area contributed by atoms with Crippen LogP contribution in [-0.4, -0.2) is 0 Å². The molecule has 0 bridgehead atoms. The molecule has 0 heterocycles.